The van der Waals surface area contributed by atoms with Gasteiger partial charge in [0.2, 0.25) is 0 Å². The predicted molar refractivity (Wildman–Crippen MR) is 60.3 cm³/mol. The molecule has 0 unspecified atom stereocenters. The van der Waals surface area contributed by atoms with Crippen LogP contribution in [0, 0.1) is 0 Å². The van der Waals surface area contributed by atoms with Crippen molar-refractivity contribution in [3.63, 3.8) is 0 Å². The lowest BCUT2D eigenvalue weighted by atomic mass is 9.72. The summed E-state index contributed by atoms with van der Waals surface area (Å²) in [5, 5.41) is 19.0. The van der Waals surface area contributed by atoms with E-state index in [2.05, 4.69) is 6.07 Å². The van der Waals surface area contributed by atoms with Crippen LogP contribution < -0.4 is 5.46 Å². The summed E-state index contributed by atoms with van der Waals surface area (Å²) in [5.41, 5.74) is 6.02. The van der Waals surface area contributed by atoms with E-state index in [4.69, 9.17) is 0 Å². The van der Waals surface area contributed by atoms with Crippen molar-refractivity contribution < 1.29 is 10.0 Å². The lowest BCUT2D eigenvalue weighted by Gasteiger charge is -2.13. The zero-order valence-corrected chi connectivity index (χ0v) is 8.79. The molecule has 0 bridgehead atoms. The lowest BCUT2D eigenvalue weighted by molar-refractivity contribution is 0.425. The Balaban J connectivity index is 2.25. The van der Waals surface area contributed by atoms with E-state index in [0.717, 1.165) is 44.0 Å². The first-order valence-electron chi connectivity index (χ1n) is 5.80. The highest BCUT2D eigenvalue weighted by molar-refractivity contribution is 6.60. The second-order valence-corrected chi connectivity index (χ2v) is 4.65. The number of fused-ring (bicyclic) bond motifs is 2. The second kappa shape index (κ2) is 3.36. The highest BCUT2D eigenvalue weighted by Crippen LogP contribution is 2.29. The van der Waals surface area contributed by atoms with Gasteiger partial charge in [-0.1, -0.05) is 6.07 Å². The smallest absolute Gasteiger partial charge is 0.423 e. The second-order valence-electron chi connectivity index (χ2n) is 4.65. The van der Waals surface area contributed by atoms with Crippen LogP contribution in [0.2, 0.25) is 0 Å². The third-order valence-corrected chi connectivity index (χ3v) is 3.78. The van der Waals surface area contributed by atoms with Crippen molar-refractivity contribution in [2.45, 2.75) is 38.5 Å². The summed E-state index contributed by atoms with van der Waals surface area (Å²) in [6.07, 6.45) is 6.60. The van der Waals surface area contributed by atoms with Gasteiger partial charge >= 0.3 is 7.12 Å². The molecule has 0 fully saturated rings. The van der Waals surface area contributed by atoms with Crippen molar-refractivity contribution in [1.29, 1.82) is 0 Å². The van der Waals surface area contributed by atoms with E-state index in [-0.39, 0.29) is 0 Å². The Bertz CT molecular complexity index is 380. The average Bonchev–Trinajstić information content (AvgIpc) is 2.79. The van der Waals surface area contributed by atoms with Crippen molar-refractivity contribution in [2.75, 3.05) is 0 Å². The van der Waals surface area contributed by atoms with Crippen LogP contribution in [0.4, 0.5) is 0 Å². The van der Waals surface area contributed by atoms with E-state index in [0.29, 0.717) is 0 Å². The summed E-state index contributed by atoms with van der Waals surface area (Å²) < 4.78 is 0. The minimum atomic E-state index is -1.27. The third kappa shape index (κ3) is 1.34. The van der Waals surface area contributed by atoms with Gasteiger partial charge in [0.05, 0.1) is 0 Å². The highest BCUT2D eigenvalue weighted by Gasteiger charge is 2.29. The first-order chi connectivity index (χ1) is 7.27. The molecule has 2 N–H and O–H groups in total. The zero-order chi connectivity index (χ0) is 10.4. The predicted octanol–water partition coefficient (Wildman–Crippen LogP) is 0.344. The van der Waals surface area contributed by atoms with Gasteiger partial charge in [0, 0.05) is 0 Å². The Labute approximate surface area is 90.1 Å². The largest absolute Gasteiger partial charge is 0.489 e. The maximum atomic E-state index is 9.51. The van der Waals surface area contributed by atoms with Gasteiger partial charge < -0.3 is 10.0 Å². The Morgan fingerprint density at radius 3 is 1.87 bits per heavy atom. The molecule has 15 heavy (non-hydrogen) atoms. The molecule has 0 amide bonds. The minimum absolute atomic E-state index is 0.845. The number of rotatable bonds is 1. The quantitative estimate of drug-likeness (QED) is 0.645. The maximum Gasteiger partial charge on any atom is 0.489 e. The molecule has 1 aromatic rings. The minimum Gasteiger partial charge on any atom is -0.423 e. The van der Waals surface area contributed by atoms with Gasteiger partial charge in [-0.3, -0.25) is 0 Å². The molecule has 0 heterocycles. The van der Waals surface area contributed by atoms with Gasteiger partial charge in [0.1, 0.15) is 0 Å². The van der Waals surface area contributed by atoms with Gasteiger partial charge in [0.25, 0.3) is 0 Å². The molecule has 2 nitrogen and oxygen atoms in total. The van der Waals surface area contributed by atoms with Crippen LogP contribution >= 0.6 is 0 Å². The standard InChI is InChI=1S/C12H15BO2/c14-13(15)12-10-5-1-3-8(10)7-9-4-2-6-11(9)12/h7,14-15H,1-6H2. The molecule has 0 atom stereocenters. The fourth-order valence-electron chi connectivity index (χ4n) is 3.17. The molecule has 2 aliphatic rings. The van der Waals surface area contributed by atoms with E-state index in [9.17, 15) is 10.0 Å². The number of aryl methyl sites for hydroxylation is 2. The van der Waals surface area contributed by atoms with Crippen LogP contribution in [0.25, 0.3) is 0 Å². The van der Waals surface area contributed by atoms with E-state index in [1.165, 1.54) is 22.3 Å². The topological polar surface area (TPSA) is 40.5 Å². The van der Waals surface area contributed by atoms with Crippen molar-refractivity contribution >= 4 is 12.6 Å². The van der Waals surface area contributed by atoms with E-state index in [1.807, 2.05) is 0 Å². The molecule has 0 saturated carbocycles. The average molecular weight is 202 g/mol. The van der Waals surface area contributed by atoms with Gasteiger partial charge in [-0.2, -0.15) is 0 Å². The van der Waals surface area contributed by atoms with Gasteiger partial charge in [-0.25, -0.2) is 0 Å². The number of hydrogen-bond donors (Lipinski definition) is 2. The Morgan fingerprint density at radius 1 is 0.867 bits per heavy atom. The molecule has 1 aromatic carbocycles. The molecule has 3 heteroatoms. The highest BCUT2D eigenvalue weighted by atomic mass is 16.4. The van der Waals surface area contributed by atoms with Crippen LogP contribution in [0.5, 0.6) is 0 Å². The van der Waals surface area contributed by atoms with Crippen LogP contribution in [-0.4, -0.2) is 17.2 Å². The molecular formula is C12H15BO2. The fourth-order valence-corrected chi connectivity index (χ4v) is 3.17. The number of hydrogen-bond acceptors (Lipinski definition) is 2. The Morgan fingerprint density at radius 2 is 1.40 bits per heavy atom. The fraction of sp³-hybridized carbons (Fsp3) is 0.500. The van der Waals surface area contributed by atoms with Gasteiger partial charge in [-0.15, -0.1) is 0 Å². The van der Waals surface area contributed by atoms with Gasteiger partial charge in [-0.05, 0) is 66.2 Å². The normalized spacial score (nSPS) is 17.7. The van der Waals surface area contributed by atoms with Crippen LogP contribution in [-0.2, 0) is 25.7 Å². The maximum absolute atomic E-state index is 9.51. The molecule has 78 valence electrons. The van der Waals surface area contributed by atoms with Crippen molar-refractivity contribution in [3.8, 4) is 0 Å². The summed E-state index contributed by atoms with van der Waals surface area (Å²) in [6, 6.07) is 2.30. The molecule has 0 radical (unpaired) electrons. The lowest BCUT2D eigenvalue weighted by Crippen LogP contribution is -2.36. The zero-order valence-electron chi connectivity index (χ0n) is 8.79. The van der Waals surface area contributed by atoms with Crippen molar-refractivity contribution in [2.24, 2.45) is 0 Å². The van der Waals surface area contributed by atoms with E-state index < -0.39 is 7.12 Å². The summed E-state index contributed by atoms with van der Waals surface area (Å²) >= 11 is 0. The Hall–Kier alpha value is -0.795. The van der Waals surface area contributed by atoms with Crippen molar-refractivity contribution in [3.05, 3.63) is 28.3 Å². The molecule has 3 rings (SSSR count). The van der Waals surface area contributed by atoms with Crippen LogP contribution in [0.1, 0.15) is 35.1 Å². The Kier molecular flexibility index (Phi) is 2.11. The monoisotopic (exact) mass is 202 g/mol. The first-order valence-corrected chi connectivity index (χ1v) is 5.80. The number of benzene rings is 1. The van der Waals surface area contributed by atoms with E-state index >= 15 is 0 Å². The SMILES string of the molecule is OB(O)c1c2c(cc3c1CCC3)CCC2. The van der Waals surface area contributed by atoms with E-state index in [1.54, 1.807) is 0 Å². The van der Waals surface area contributed by atoms with Gasteiger partial charge in [0.15, 0.2) is 0 Å². The van der Waals surface area contributed by atoms with Crippen LogP contribution in [0.3, 0.4) is 0 Å². The summed E-state index contributed by atoms with van der Waals surface area (Å²) in [4.78, 5) is 0. The molecule has 2 aliphatic carbocycles. The van der Waals surface area contributed by atoms with Crippen molar-refractivity contribution in [1.82, 2.24) is 0 Å². The molecule has 0 spiro atoms. The summed E-state index contributed by atoms with van der Waals surface area (Å²) in [7, 11) is -1.27. The van der Waals surface area contributed by atoms with Crippen LogP contribution in [0.15, 0.2) is 6.07 Å². The summed E-state index contributed by atoms with van der Waals surface area (Å²) in [6.45, 7) is 0. The molecular weight excluding hydrogens is 187 g/mol. The molecule has 0 aromatic heterocycles. The summed E-state index contributed by atoms with van der Waals surface area (Å²) in [5.74, 6) is 0. The molecule has 0 aliphatic heterocycles. The third-order valence-electron chi connectivity index (χ3n) is 3.78. The molecule has 0 saturated heterocycles. The first kappa shape index (κ1) is 9.43.